The maximum absolute atomic E-state index is 13.1. The van der Waals surface area contributed by atoms with Crippen molar-refractivity contribution >= 4 is 17.5 Å². The highest BCUT2D eigenvalue weighted by Crippen LogP contribution is 2.33. The summed E-state index contributed by atoms with van der Waals surface area (Å²) in [5.74, 6) is 0.592. The number of para-hydroxylation sites is 1. The molecule has 0 bridgehead atoms. The lowest BCUT2D eigenvalue weighted by atomic mass is 10.0. The van der Waals surface area contributed by atoms with E-state index in [0.29, 0.717) is 0 Å². The van der Waals surface area contributed by atoms with E-state index in [2.05, 4.69) is 18.3 Å². The molecule has 1 heterocycles. The van der Waals surface area contributed by atoms with Gasteiger partial charge in [-0.15, -0.1) is 0 Å². The molecular weight excluding hydrogens is 328 g/mol. The first kappa shape index (κ1) is 18.0. The number of nitrogens with zero attached hydrogens (tertiary/aromatic N) is 1. The first-order chi connectivity index (χ1) is 12.5. The van der Waals surface area contributed by atoms with E-state index in [0.717, 1.165) is 23.4 Å². The summed E-state index contributed by atoms with van der Waals surface area (Å²) < 4.78 is 5.18. The van der Waals surface area contributed by atoms with Crippen LogP contribution in [0.3, 0.4) is 0 Å². The van der Waals surface area contributed by atoms with Gasteiger partial charge in [0.25, 0.3) is 0 Å². The van der Waals surface area contributed by atoms with Gasteiger partial charge >= 0.3 is 0 Å². The molecule has 1 N–H and O–H groups in total. The Hall–Kier alpha value is -2.82. The minimum absolute atomic E-state index is 0.0111. The number of benzene rings is 2. The van der Waals surface area contributed by atoms with E-state index in [1.165, 1.54) is 12.5 Å². The van der Waals surface area contributed by atoms with Crippen LogP contribution in [0.5, 0.6) is 5.75 Å². The zero-order valence-electron chi connectivity index (χ0n) is 15.4. The van der Waals surface area contributed by atoms with Crippen molar-refractivity contribution in [3.05, 3.63) is 59.7 Å². The highest BCUT2D eigenvalue weighted by Gasteiger charge is 2.32. The first-order valence-corrected chi connectivity index (χ1v) is 8.80. The number of nitrogens with one attached hydrogen (secondary N) is 1. The molecule has 2 unspecified atom stereocenters. The van der Waals surface area contributed by atoms with Gasteiger partial charge in [-0.2, -0.15) is 0 Å². The summed E-state index contributed by atoms with van der Waals surface area (Å²) in [6.07, 6.45) is 1.07. The van der Waals surface area contributed by atoms with Crippen molar-refractivity contribution in [3.63, 3.8) is 0 Å². The Bertz CT molecular complexity index is 801. The van der Waals surface area contributed by atoms with E-state index in [4.69, 9.17) is 4.74 Å². The SMILES string of the molecule is COc1ccc(C(CC(=O)N2c3ccccc3CC2C)NC(C)=O)cc1. The molecule has 2 aromatic rings. The molecule has 5 heteroatoms. The van der Waals surface area contributed by atoms with Crippen molar-refractivity contribution in [2.45, 2.75) is 38.8 Å². The van der Waals surface area contributed by atoms with Crippen LogP contribution in [0.2, 0.25) is 0 Å². The third kappa shape index (κ3) is 3.72. The molecule has 2 aromatic carbocycles. The topological polar surface area (TPSA) is 58.6 Å². The summed E-state index contributed by atoms with van der Waals surface area (Å²) in [4.78, 5) is 26.6. The van der Waals surface area contributed by atoms with Crippen LogP contribution < -0.4 is 15.0 Å². The lowest BCUT2D eigenvalue weighted by Gasteiger charge is -2.26. The Morgan fingerprint density at radius 2 is 1.88 bits per heavy atom. The van der Waals surface area contributed by atoms with Crippen molar-refractivity contribution < 1.29 is 14.3 Å². The number of ether oxygens (including phenoxy) is 1. The van der Waals surface area contributed by atoms with Crippen molar-refractivity contribution in [2.24, 2.45) is 0 Å². The van der Waals surface area contributed by atoms with Gasteiger partial charge in [0.1, 0.15) is 5.75 Å². The second-order valence-electron chi connectivity index (χ2n) is 6.68. The van der Waals surface area contributed by atoms with Gasteiger partial charge in [-0.3, -0.25) is 9.59 Å². The van der Waals surface area contributed by atoms with Gasteiger partial charge in [-0.05, 0) is 42.7 Å². The Morgan fingerprint density at radius 3 is 2.54 bits per heavy atom. The van der Waals surface area contributed by atoms with Gasteiger partial charge in [0.2, 0.25) is 11.8 Å². The summed E-state index contributed by atoms with van der Waals surface area (Å²) in [6, 6.07) is 15.2. The number of hydrogen-bond acceptors (Lipinski definition) is 3. The van der Waals surface area contributed by atoms with Gasteiger partial charge in [0.15, 0.2) is 0 Å². The van der Waals surface area contributed by atoms with Crippen molar-refractivity contribution in [1.82, 2.24) is 5.32 Å². The highest BCUT2D eigenvalue weighted by atomic mass is 16.5. The van der Waals surface area contributed by atoms with E-state index >= 15 is 0 Å². The number of fused-ring (bicyclic) bond motifs is 1. The second-order valence-corrected chi connectivity index (χ2v) is 6.68. The summed E-state index contributed by atoms with van der Waals surface area (Å²) in [5, 5.41) is 2.90. The van der Waals surface area contributed by atoms with Crippen molar-refractivity contribution in [2.75, 3.05) is 12.0 Å². The Balaban J connectivity index is 1.82. The quantitative estimate of drug-likeness (QED) is 0.899. The summed E-state index contributed by atoms with van der Waals surface area (Å²) in [5.41, 5.74) is 3.05. The molecule has 1 aliphatic heterocycles. The zero-order chi connectivity index (χ0) is 18.7. The molecule has 136 valence electrons. The van der Waals surface area contributed by atoms with Gasteiger partial charge in [-0.1, -0.05) is 30.3 Å². The molecule has 0 aliphatic carbocycles. The maximum atomic E-state index is 13.1. The summed E-state index contributed by atoms with van der Waals surface area (Å²) >= 11 is 0. The zero-order valence-corrected chi connectivity index (χ0v) is 15.4. The van der Waals surface area contributed by atoms with Crippen LogP contribution >= 0.6 is 0 Å². The van der Waals surface area contributed by atoms with E-state index in [1.807, 2.05) is 47.4 Å². The second kappa shape index (κ2) is 7.60. The summed E-state index contributed by atoms with van der Waals surface area (Å²) in [6.45, 7) is 3.52. The van der Waals surface area contributed by atoms with Crippen LogP contribution in [-0.2, 0) is 16.0 Å². The van der Waals surface area contributed by atoms with Gasteiger partial charge in [0, 0.05) is 18.7 Å². The molecule has 0 saturated heterocycles. The van der Waals surface area contributed by atoms with Crippen LogP contribution in [-0.4, -0.2) is 25.0 Å². The number of hydrogen-bond donors (Lipinski definition) is 1. The average Bonchev–Trinajstić information content (AvgIpc) is 2.96. The first-order valence-electron chi connectivity index (χ1n) is 8.80. The predicted molar refractivity (Wildman–Crippen MR) is 101 cm³/mol. The van der Waals surface area contributed by atoms with Gasteiger partial charge < -0.3 is 15.0 Å². The van der Waals surface area contributed by atoms with Crippen molar-refractivity contribution in [3.8, 4) is 5.75 Å². The number of carbonyl (C=O) groups excluding carboxylic acids is 2. The molecule has 5 nitrogen and oxygen atoms in total. The van der Waals surface area contributed by atoms with Crippen LogP contribution in [0.4, 0.5) is 5.69 Å². The normalized spacial score (nSPS) is 16.7. The monoisotopic (exact) mass is 352 g/mol. The molecule has 0 spiro atoms. The Morgan fingerprint density at radius 1 is 1.19 bits per heavy atom. The maximum Gasteiger partial charge on any atom is 0.229 e. The smallest absolute Gasteiger partial charge is 0.229 e. The molecule has 0 fully saturated rings. The standard InChI is InChI=1S/C21H24N2O3/c1-14-12-17-6-4-5-7-20(17)23(14)21(25)13-19(22-15(2)24)16-8-10-18(26-3)11-9-16/h4-11,14,19H,12-13H2,1-3H3,(H,22,24). The Kier molecular flexibility index (Phi) is 5.26. The lowest BCUT2D eigenvalue weighted by molar-refractivity contribution is -0.121. The number of anilines is 1. The largest absolute Gasteiger partial charge is 0.497 e. The third-order valence-corrected chi connectivity index (χ3v) is 4.75. The fraction of sp³-hybridized carbons (Fsp3) is 0.333. The minimum atomic E-state index is -0.370. The van der Waals surface area contributed by atoms with Crippen LogP contribution in [0.15, 0.2) is 48.5 Å². The molecule has 2 amide bonds. The van der Waals surface area contributed by atoms with E-state index in [1.54, 1.807) is 7.11 Å². The van der Waals surface area contributed by atoms with Crippen LogP contribution in [0, 0.1) is 0 Å². The molecule has 0 radical (unpaired) electrons. The fourth-order valence-electron chi connectivity index (χ4n) is 3.55. The number of carbonyl (C=O) groups is 2. The molecule has 0 aromatic heterocycles. The lowest BCUT2D eigenvalue weighted by Crippen LogP contribution is -2.39. The van der Waals surface area contributed by atoms with Gasteiger partial charge in [0.05, 0.1) is 19.6 Å². The molecular formula is C21H24N2O3. The number of methoxy groups -OCH3 is 1. The number of rotatable bonds is 5. The third-order valence-electron chi connectivity index (χ3n) is 4.75. The van der Waals surface area contributed by atoms with Crippen molar-refractivity contribution in [1.29, 1.82) is 0 Å². The summed E-state index contributed by atoms with van der Waals surface area (Å²) in [7, 11) is 1.61. The Labute approximate surface area is 154 Å². The highest BCUT2D eigenvalue weighted by molar-refractivity contribution is 5.96. The van der Waals surface area contributed by atoms with Crippen LogP contribution in [0.1, 0.15) is 37.4 Å². The molecule has 2 atom stereocenters. The predicted octanol–water partition coefficient (Wildman–Crippen LogP) is 3.24. The van der Waals surface area contributed by atoms with E-state index in [-0.39, 0.29) is 30.3 Å². The molecule has 26 heavy (non-hydrogen) atoms. The van der Waals surface area contributed by atoms with E-state index in [9.17, 15) is 9.59 Å². The molecule has 0 saturated carbocycles. The fourth-order valence-corrected chi connectivity index (χ4v) is 3.55. The van der Waals surface area contributed by atoms with Crippen LogP contribution in [0.25, 0.3) is 0 Å². The minimum Gasteiger partial charge on any atom is -0.497 e. The molecule has 3 rings (SSSR count). The number of amides is 2. The average molecular weight is 352 g/mol. The van der Waals surface area contributed by atoms with E-state index < -0.39 is 0 Å². The van der Waals surface area contributed by atoms with Gasteiger partial charge in [-0.25, -0.2) is 0 Å². The molecule has 1 aliphatic rings.